The maximum absolute atomic E-state index is 10.6. The molecule has 0 amide bonds. The van der Waals surface area contributed by atoms with E-state index in [1.165, 1.54) is 12.1 Å². The van der Waals surface area contributed by atoms with Crippen molar-refractivity contribution in [3.63, 3.8) is 0 Å². The zero-order valence-electron chi connectivity index (χ0n) is 4.99. The summed E-state index contributed by atoms with van der Waals surface area (Å²) in [6.45, 7) is 0. The lowest BCUT2D eigenvalue weighted by molar-refractivity contribution is 0.609. The summed E-state index contributed by atoms with van der Waals surface area (Å²) in [5, 5.41) is 0. The molecule has 0 N–H and O–H groups in total. The smallest absolute Gasteiger partial charge is 0.207 e. The molecular formula is C7H9ClO2S. The van der Waals surface area contributed by atoms with Crippen LogP contribution in [-0.2, 0) is 9.05 Å². The molecule has 0 fully saturated rings. The van der Waals surface area contributed by atoms with Crippen molar-refractivity contribution in [3.05, 3.63) is 30.3 Å². The van der Waals surface area contributed by atoms with Gasteiger partial charge in [0.1, 0.15) is 0 Å². The molecule has 0 aliphatic heterocycles. The predicted octanol–water partition coefficient (Wildman–Crippen LogP) is 2.25. The molecule has 0 aliphatic rings. The van der Waals surface area contributed by atoms with Gasteiger partial charge in [0.25, 0.3) is 9.05 Å². The third-order valence-corrected chi connectivity index (χ3v) is 2.39. The molecule has 11 heavy (non-hydrogen) atoms. The van der Waals surface area contributed by atoms with Gasteiger partial charge in [-0.25, -0.2) is 8.42 Å². The van der Waals surface area contributed by atoms with E-state index in [2.05, 4.69) is 0 Å². The second-order valence-electron chi connectivity index (χ2n) is 1.75. The largest absolute Gasteiger partial charge is 0.261 e. The Balaban J connectivity index is 0.000001000. The third-order valence-electron chi connectivity index (χ3n) is 1.02. The molecule has 1 rings (SSSR count). The first-order valence-corrected chi connectivity index (χ1v) is 4.91. The number of benzene rings is 1. The molecule has 0 aromatic heterocycles. The van der Waals surface area contributed by atoms with Crippen LogP contribution >= 0.6 is 10.7 Å². The van der Waals surface area contributed by atoms with Gasteiger partial charge in [-0.05, 0) is 12.1 Å². The molecule has 4 heteroatoms. The van der Waals surface area contributed by atoms with Gasteiger partial charge < -0.3 is 0 Å². The fourth-order valence-electron chi connectivity index (χ4n) is 0.583. The Kier molecular flexibility index (Phi) is 3.55. The van der Waals surface area contributed by atoms with Crippen LogP contribution in [0.25, 0.3) is 0 Å². The highest BCUT2D eigenvalue weighted by Gasteiger charge is 2.06. The normalized spacial score (nSPS) is 10.3. The molecule has 2 nitrogen and oxygen atoms in total. The van der Waals surface area contributed by atoms with Gasteiger partial charge >= 0.3 is 0 Å². The van der Waals surface area contributed by atoms with Gasteiger partial charge in [0.15, 0.2) is 0 Å². The molecule has 1 aromatic carbocycles. The lowest BCUT2D eigenvalue weighted by atomic mass is 10.4. The Morgan fingerprint density at radius 2 is 1.55 bits per heavy atom. The molecular weight excluding hydrogens is 184 g/mol. The summed E-state index contributed by atoms with van der Waals surface area (Å²) < 4.78 is 21.2. The van der Waals surface area contributed by atoms with E-state index in [0.29, 0.717) is 0 Å². The highest BCUT2D eigenvalue weighted by atomic mass is 35.7. The number of hydrogen-bond acceptors (Lipinski definition) is 2. The minimum atomic E-state index is -3.53. The van der Waals surface area contributed by atoms with E-state index in [1.807, 2.05) is 0 Å². The standard InChI is InChI=1S/C6H5ClO2S.CH4/c7-10(8,9)6-4-2-1-3-5-6;/h1-5H;1H4. The Morgan fingerprint density at radius 3 is 1.82 bits per heavy atom. The zero-order valence-corrected chi connectivity index (χ0v) is 6.56. The van der Waals surface area contributed by atoms with Crippen LogP contribution in [0.4, 0.5) is 0 Å². The first-order chi connectivity index (χ1) is 4.61. The summed E-state index contributed by atoms with van der Waals surface area (Å²) in [4.78, 5) is 0.136. The molecule has 0 radical (unpaired) electrons. The summed E-state index contributed by atoms with van der Waals surface area (Å²) in [5.41, 5.74) is 0. The lowest BCUT2D eigenvalue weighted by Crippen LogP contribution is -1.87. The van der Waals surface area contributed by atoms with Crippen LogP contribution in [-0.4, -0.2) is 8.42 Å². The second-order valence-corrected chi connectivity index (χ2v) is 4.32. The minimum Gasteiger partial charge on any atom is -0.207 e. The summed E-state index contributed by atoms with van der Waals surface area (Å²) >= 11 is 0. The zero-order chi connectivity index (χ0) is 7.61. The van der Waals surface area contributed by atoms with E-state index in [9.17, 15) is 8.42 Å². The van der Waals surface area contributed by atoms with Crippen LogP contribution in [0.1, 0.15) is 7.43 Å². The topological polar surface area (TPSA) is 34.1 Å². The molecule has 0 unspecified atom stereocenters. The van der Waals surface area contributed by atoms with Gasteiger partial charge in [-0.3, -0.25) is 0 Å². The monoisotopic (exact) mass is 192 g/mol. The Bertz CT molecular complexity index is 304. The van der Waals surface area contributed by atoms with E-state index in [4.69, 9.17) is 10.7 Å². The Morgan fingerprint density at radius 1 is 1.09 bits per heavy atom. The summed E-state index contributed by atoms with van der Waals surface area (Å²) in [6, 6.07) is 7.86. The average molecular weight is 193 g/mol. The van der Waals surface area contributed by atoms with Crippen molar-refractivity contribution in [2.75, 3.05) is 0 Å². The van der Waals surface area contributed by atoms with Crippen LogP contribution in [0.5, 0.6) is 0 Å². The van der Waals surface area contributed by atoms with Crippen molar-refractivity contribution in [3.8, 4) is 0 Å². The summed E-state index contributed by atoms with van der Waals surface area (Å²) in [6.07, 6.45) is 0. The molecule has 0 aliphatic carbocycles. The van der Waals surface area contributed by atoms with Crippen molar-refractivity contribution in [1.29, 1.82) is 0 Å². The van der Waals surface area contributed by atoms with Crippen LogP contribution in [0, 0.1) is 0 Å². The quantitative estimate of drug-likeness (QED) is 0.640. The number of hydrogen-bond donors (Lipinski definition) is 0. The molecule has 1 aromatic rings. The molecule has 0 atom stereocenters. The van der Waals surface area contributed by atoms with Gasteiger partial charge in [-0.2, -0.15) is 0 Å². The van der Waals surface area contributed by atoms with Crippen molar-refractivity contribution < 1.29 is 8.42 Å². The predicted molar refractivity (Wildman–Crippen MR) is 46.2 cm³/mol. The van der Waals surface area contributed by atoms with E-state index in [-0.39, 0.29) is 12.3 Å². The molecule has 0 saturated carbocycles. The van der Waals surface area contributed by atoms with Crippen LogP contribution in [0.15, 0.2) is 35.2 Å². The first-order valence-electron chi connectivity index (χ1n) is 2.60. The van der Waals surface area contributed by atoms with Gasteiger partial charge in [0.05, 0.1) is 4.90 Å². The highest BCUT2D eigenvalue weighted by molar-refractivity contribution is 8.13. The van der Waals surface area contributed by atoms with Gasteiger partial charge in [-0.15, -0.1) is 0 Å². The van der Waals surface area contributed by atoms with Gasteiger partial charge in [-0.1, -0.05) is 25.6 Å². The van der Waals surface area contributed by atoms with Crippen LogP contribution in [0.2, 0.25) is 0 Å². The van der Waals surface area contributed by atoms with Gasteiger partial charge in [0, 0.05) is 10.7 Å². The maximum Gasteiger partial charge on any atom is 0.261 e. The van der Waals surface area contributed by atoms with Crippen molar-refractivity contribution in [2.24, 2.45) is 0 Å². The maximum atomic E-state index is 10.6. The highest BCUT2D eigenvalue weighted by Crippen LogP contribution is 2.12. The Hall–Kier alpha value is -0.540. The fraction of sp³-hybridized carbons (Fsp3) is 0.143. The lowest BCUT2D eigenvalue weighted by Gasteiger charge is -1.91. The van der Waals surface area contributed by atoms with Crippen molar-refractivity contribution >= 4 is 19.7 Å². The van der Waals surface area contributed by atoms with Crippen molar-refractivity contribution in [2.45, 2.75) is 12.3 Å². The van der Waals surface area contributed by atoms with Crippen LogP contribution < -0.4 is 0 Å². The molecule has 62 valence electrons. The van der Waals surface area contributed by atoms with E-state index in [0.717, 1.165) is 0 Å². The molecule has 0 saturated heterocycles. The SMILES string of the molecule is C.O=S(=O)(Cl)c1ccccc1. The van der Waals surface area contributed by atoms with Crippen molar-refractivity contribution in [1.82, 2.24) is 0 Å². The molecule has 0 heterocycles. The minimum absolute atomic E-state index is 0. The number of halogens is 1. The first kappa shape index (κ1) is 10.5. The van der Waals surface area contributed by atoms with E-state index < -0.39 is 9.05 Å². The van der Waals surface area contributed by atoms with E-state index >= 15 is 0 Å². The molecule has 0 bridgehead atoms. The molecule has 0 spiro atoms. The Labute approximate surface area is 71.2 Å². The third kappa shape index (κ3) is 2.91. The van der Waals surface area contributed by atoms with Gasteiger partial charge in [0.2, 0.25) is 0 Å². The summed E-state index contributed by atoms with van der Waals surface area (Å²) in [7, 11) is 1.50. The number of rotatable bonds is 1. The average Bonchev–Trinajstić information content (AvgIpc) is 1.88. The second kappa shape index (κ2) is 3.74. The fourth-order valence-corrected chi connectivity index (χ4v) is 1.37. The van der Waals surface area contributed by atoms with Crippen LogP contribution in [0.3, 0.4) is 0 Å². The van der Waals surface area contributed by atoms with E-state index in [1.54, 1.807) is 18.2 Å². The summed E-state index contributed by atoms with van der Waals surface area (Å²) in [5.74, 6) is 0.